The lowest BCUT2D eigenvalue weighted by Crippen LogP contribution is -2.52. The van der Waals surface area contributed by atoms with Crippen molar-refractivity contribution >= 4 is 33.3 Å². The van der Waals surface area contributed by atoms with Crippen molar-refractivity contribution in [2.75, 3.05) is 6.61 Å². The lowest BCUT2D eigenvalue weighted by molar-refractivity contribution is 0.163. The van der Waals surface area contributed by atoms with E-state index < -0.39 is 5.54 Å². The van der Waals surface area contributed by atoms with Crippen LogP contribution in [-0.4, -0.2) is 23.3 Å². The van der Waals surface area contributed by atoms with Crippen LogP contribution in [0.15, 0.2) is 15.9 Å². The Bertz CT molecular complexity index is 397. The van der Waals surface area contributed by atoms with Gasteiger partial charge >= 0.3 is 6.03 Å². The van der Waals surface area contributed by atoms with Crippen molar-refractivity contribution < 1.29 is 9.90 Å². The molecule has 4 nitrogen and oxygen atoms in total. The molecular weight excluding hydrogens is 316 g/mol. The Hall–Kier alpha value is -0.590. The minimum Gasteiger partial charge on any atom is -0.394 e. The third kappa shape index (κ3) is 4.96. The highest BCUT2D eigenvalue weighted by molar-refractivity contribution is 9.11. The van der Waals surface area contributed by atoms with Gasteiger partial charge in [-0.15, -0.1) is 11.3 Å². The number of rotatable bonds is 6. The van der Waals surface area contributed by atoms with Crippen molar-refractivity contribution in [3.63, 3.8) is 0 Å². The Morgan fingerprint density at radius 2 is 2.28 bits per heavy atom. The van der Waals surface area contributed by atoms with Gasteiger partial charge in [-0.3, -0.25) is 0 Å². The third-order valence-electron chi connectivity index (χ3n) is 2.62. The van der Waals surface area contributed by atoms with Gasteiger partial charge in [0.15, 0.2) is 0 Å². The molecular formula is C12H19BrN2O2S. The van der Waals surface area contributed by atoms with Crippen molar-refractivity contribution in [3.8, 4) is 0 Å². The van der Waals surface area contributed by atoms with Gasteiger partial charge in [0.25, 0.3) is 0 Å². The first kappa shape index (κ1) is 15.5. The van der Waals surface area contributed by atoms with Gasteiger partial charge in [-0.05, 0) is 41.4 Å². The molecule has 1 unspecified atom stereocenters. The van der Waals surface area contributed by atoms with Crippen molar-refractivity contribution in [2.24, 2.45) is 0 Å². The molecule has 0 bridgehead atoms. The number of carbonyl (C=O) groups is 1. The summed E-state index contributed by atoms with van der Waals surface area (Å²) < 4.78 is 1.05. The van der Waals surface area contributed by atoms with E-state index in [1.807, 2.05) is 26.0 Å². The number of aliphatic hydroxyl groups excluding tert-OH is 1. The number of halogens is 1. The largest absolute Gasteiger partial charge is 0.394 e. The first-order valence-corrected chi connectivity index (χ1v) is 7.51. The zero-order valence-electron chi connectivity index (χ0n) is 10.6. The molecule has 0 radical (unpaired) electrons. The first-order valence-electron chi connectivity index (χ1n) is 5.90. The van der Waals surface area contributed by atoms with Gasteiger partial charge in [0.1, 0.15) is 0 Å². The number of nitrogens with one attached hydrogen (secondary N) is 2. The maximum Gasteiger partial charge on any atom is 0.315 e. The molecule has 1 aromatic heterocycles. The van der Waals surface area contributed by atoms with Crippen molar-refractivity contribution in [3.05, 3.63) is 20.8 Å². The fraction of sp³-hybridized carbons (Fsp3) is 0.583. The summed E-state index contributed by atoms with van der Waals surface area (Å²) in [7, 11) is 0. The van der Waals surface area contributed by atoms with E-state index in [-0.39, 0.29) is 12.6 Å². The molecule has 0 aliphatic heterocycles. The van der Waals surface area contributed by atoms with Gasteiger partial charge in [0, 0.05) is 4.88 Å². The Morgan fingerprint density at radius 1 is 1.56 bits per heavy atom. The van der Waals surface area contributed by atoms with E-state index in [0.717, 1.165) is 21.5 Å². The summed E-state index contributed by atoms with van der Waals surface area (Å²) in [5, 5.41) is 14.9. The molecule has 1 rings (SSSR count). The summed E-state index contributed by atoms with van der Waals surface area (Å²) in [6, 6.07) is 3.67. The average Bonchev–Trinajstić information content (AvgIpc) is 2.73. The van der Waals surface area contributed by atoms with E-state index in [1.54, 1.807) is 11.3 Å². The van der Waals surface area contributed by atoms with E-state index in [2.05, 4.69) is 26.6 Å². The highest BCUT2D eigenvalue weighted by Crippen LogP contribution is 2.21. The van der Waals surface area contributed by atoms with E-state index >= 15 is 0 Å². The van der Waals surface area contributed by atoms with Gasteiger partial charge in [-0.1, -0.05) is 13.3 Å². The molecule has 2 amide bonds. The fourth-order valence-electron chi connectivity index (χ4n) is 1.67. The summed E-state index contributed by atoms with van der Waals surface area (Å²) in [4.78, 5) is 12.8. The molecule has 3 N–H and O–H groups in total. The highest BCUT2D eigenvalue weighted by atomic mass is 79.9. The predicted octanol–water partition coefficient (Wildman–Crippen LogP) is 2.86. The number of hydrogen-bond acceptors (Lipinski definition) is 3. The number of aliphatic hydroxyl groups is 1. The molecule has 1 aromatic rings. The fourth-order valence-corrected chi connectivity index (χ4v) is 3.09. The van der Waals surface area contributed by atoms with Gasteiger partial charge in [0.2, 0.25) is 0 Å². The maximum atomic E-state index is 11.7. The predicted molar refractivity (Wildman–Crippen MR) is 77.8 cm³/mol. The van der Waals surface area contributed by atoms with Crippen LogP contribution in [0.3, 0.4) is 0 Å². The second-order valence-electron chi connectivity index (χ2n) is 4.48. The monoisotopic (exact) mass is 334 g/mol. The van der Waals surface area contributed by atoms with Crippen LogP contribution in [0.2, 0.25) is 0 Å². The van der Waals surface area contributed by atoms with Gasteiger partial charge in [-0.2, -0.15) is 0 Å². The second-order valence-corrected chi connectivity index (χ2v) is 7.03. The van der Waals surface area contributed by atoms with Crippen LogP contribution in [0.1, 0.15) is 31.6 Å². The molecule has 102 valence electrons. The lowest BCUT2D eigenvalue weighted by Gasteiger charge is -2.28. The van der Waals surface area contributed by atoms with Gasteiger partial charge in [0.05, 0.1) is 22.5 Å². The maximum absolute atomic E-state index is 11.7. The highest BCUT2D eigenvalue weighted by Gasteiger charge is 2.24. The van der Waals surface area contributed by atoms with Crippen LogP contribution in [0.4, 0.5) is 4.79 Å². The van der Waals surface area contributed by atoms with Crippen LogP contribution in [0, 0.1) is 0 Å². The molecule has 18 heavy (non-hydrogen) atoms. The lowest BCUT2D eigenvalue weighted by atomic mass is 9.98. The second kappa shape index (κ2) is 7.11. The van der Waals surface area contributed by atoms with Crippen LogP contribution < -0.4 is 10.6 Å². The normalized spacial score (nSPS) is 14.0. The van der Waals surface area contributed by atoms with Crippen LogP contribution in [0.5, 0.6) is 0 Å². The molecule has 0 aromatic carbocycles. The summed E-state index contributed by atoms with van der Waals surface area (Å²) in [5.41, 5.74) is -0.547. The smallest absolute Gasteiger partial charge is 0.315 e. The zero-order valence-corrected chi connectivity index (χ0v) is 13.0. The Morgan fingerprint density at radius 3 is 2.78 bits per heavy atom. The molecule has 6 heteroatoms. The van der Waals surface area contributed by atoms with Crippen molar-refractivity contribution in [2.45, 2.75) is 38.8 Å². The van der Waals surface area contributed by atoms with E-state index in [9.17, 15) is 9.90 Å². The van der Waals surface area contributed by atoms with E-state index in [1.165, 1.54) is 0 Å². The van der Waals surface area contributed by atoms with E-state index in [0.29, 0.717) is 6.54 Å². The van der Waals surface area contributed by atoms with Crippen LogP contribution in [-0.2, 0) is 6.54 Å². The van der Waals surface area contributed by atoms with Crippen molar-refractivity contribution in [1.82, 2.24) is 10.6 Å². The zero-order chi connectivity index (χ0) is 13.6. The topological polar surface area (TPSA) is 61.4 Å². The molecule has 0 spiro atoms. The van der Waals surface area contributed by atoms with Crippen LogP contribution in [0.25, 0.3) is 0 Å². The third-order valence-corrected chi connectivity index (χ3v) is 4.24. The summed E-state index contributed by atoms with van der Waals surface area (Å²) in [5.74, 6) is 0. The van der Waals surface area contributed by atoms with Crippen LogP contribution >= 0.6 is 27.3 Å². The van der Waals surface area contributed by atoms with Crippen molar-refractivity contribution in [1.29, 1.82) is 0 Å². The minimum absolute atomic E-state index is 0.0567. The quantitative estimate of drug-likeness (QED) is 0.749. The number of urea groups is 1. The summed E-state index contributed by atoms with van der Waals surface area (Å²) >= 11 is 4.97. The number of amides is 2. The Balaban J connectivity index is 2.41. The van der Waals surface area contributed by atoms with Gasteiger partial charge < -0.3 is 15.7 Å². The number of hydrogen-bond donors (Lipinski definition) is 3. The SMILES string of the molecule is CCCC(C)(CO)NC(=O)NCc1ccc(Br)s1. The Labute approximate surface area is 120 Å². The first-order chi connectivity index (χ1) is 8.49. The standard InChI is InChI=1S/C12H19BrN2O2S/c1-3-6-12(2,8-16)15-11(17)14-7-9-4-5-10(13)18-9/h4-5,16H,3,6-8H2,1-2H3,(H2,14,15,17). The Kier molecular flexibility index (Phi) is 6.11. The molecule has 0 fully saturated rings. The molecule has 0 saturated heterocycles. The number of thiophene rings is 1. The average molecular weight is 335 g/mol. The molecule has 1 atom stereocenters. The summed E-state index contributed by atoms with van der Waals surface area (Å²) in [6.07, 6.45) is 1.66. The van der Waals surface area contributed by atoms with E-state index in [4.69, 9.17) is 0 Å². The minimum atomic E-state index is -0.547. The van der Waals surface area contributed by atoms with Gasteiger partial charge in [-0.25, -0.2) is 4.79 Å². The molecule has 0 saturated carbocycles. The molecule has 0 aliphatic carbocycles. The number of carbonyl (C=O) groups excluding carboxylic acids is 1. The molecule has 1 heterocycles. The molecule has 0 aliphatic rings. The summed E-state index contributed by atoms with van der Waals surface area (Å²) in [6.45, 7) is 4.31.